The van der Waals surface area contributed by atoms with Crippen LogP contribution in [0.3, 0.4) is 0 Å². The molecule has 0 bridgehead atoms. The third kappa shape index (κ3) is 7.90. The first-order chi connectivity index (χ1) is 20.5. The van der Waals surface area contributed by atoms with Crippen LogP contribution in [-0.2, 0) is 28.8 Å². The van der Waals surface area contributed by atoms with Crippen LogP contribution in [0.25, 0.3) is 0 Å². The number of hydrogen-bond acceptors (Lipinski definition) is 6. The summed E-state index contributed by atoms with van der Waals surface area (Å²) in [5.74, 6) is 2.68. The maximum absolute atomic E-state index is 11.9. The van der Waals surface area contributed by atoms with E-state index in [1.807, 2.05) is 79.7 Å². The van der Waals surface area contributed by atoms with Crippen molar-refractivity contribution in [2.75, 3.05) is 35.7 Å². The minimum atomic E-state index is -1.18. The number of anilines is 2. The molecule has 0 saturated carbocycles. The first kappa shape index (κ1) is 29.2. The summed E-state index contributed by atoms with van der Waals surface area (Å²) >= 11 is 0. The van der Waals surface area contributed by atoms with Crippen LogP contribution in [0.4, 0.5) is 11.4 Å². The topological polar surface area (TPSA) is 83.8 Å². The molecule has 42 heavy (non-hydrogen) atoms. The second kappa shape index (κ2) is 14.0. The quantitative estimate of drug-likeness (QED) is 0.194. The fraction of sp³-hybridized carbons (Fsp3) is 0.265. The fourth-order valence-electron chi connectivity index (χ4n) is 4.99. The Kier molecular flexibility index (Phi) is 9.75. The Bertz CT molecular complexity index is 1560. The first-order valence-electron chi connectivity index (χ1n) is 14.0. The van der Waals surface area contributed by atoms with Gasteiger partial charge in [-0.15, -0.1) is 0 Å². The average Bonchev–Trinajstić information content (AvgIpc) is 3.52. The van der Waals surface area contributed by atoms with Gasteiger partial charge in [0.2, 0.25) is 0 Å². The lowest BCUT2D eigenvalue weighted by Gasteiger charge is -2.28. The van der Waals surface area contributed by atoms with Gasteiger partial charge in [0.05, 0.1) is 30.5 Å². The number of nitrogens with one attached hydrogen (secondary N) is 1. The first-order valence-corrected chi connectivity index (χ1v) is 15.5. The predicted octanol–water partition coefficient (Wildman–Crippen LogP) is 6.99. The molecule has 1 saturated heterocycles. The summed E-state index contributed by atoms with van der Waals surface area (Å²) in [6.45, 7) is 5.47. The zero-order valence-corrected chi connectivity index (χ0v) is 24.7. The molecule has 0 amide bonds. The average molecular weight is 582 g/mol. The van der Waals surface area contributed by atoms with E-state index in [4.69, 9.17) is 14.2 Å². The normalized spacial score (nSPS) is 15.0. The van der Waals surface area contributed by atoms with Gasteiger partial charge in [0, 0.05) is 43.6 Å². The molecule has 5 rings (SSSR count). The van der Waals surface area contributed by atoms with Gasteiger partial charge in [0.1, 0.15) is 28.2 Å². The summed E-state index contributed by atoms with van der Waals surface area (Å²) in [6.07, 6.45) is 2.66. The summed E-state index contributed by atoms with van der Waals surface area (Å²) < 4.78 is 32.5. The van der Waals surface area contributed by atoms with Crippen LogP contribution in [-0.4, -0.2) is 30.3 Å². The van der Waals surface area contributed by atoms with Crippen molar-refractivity contribution < 1.29 is 18.4 Å². The molecule has 4 aromatic carbocycles. The molecule has 0 radical (unpaired) electrons. The van der Waals surface area contributed by atoms with Crippen LogP contribution >= 0.6 is 0 Å². The predicted molar refractivity (Wildman–Crippen MR) is 167 cm³/mol. The van der Waals surface area contributed by atoms with E-state index in [9.17, 15) is 9.47 Å². The number of rotatable bonds is 12. The van der Waals surface area contributed by atoms with Crippen molar-refractivity contribution in [1.82, 2.24) is 0 Å². The molecule has 2 atom stereocenters. The highest BCUT2D eigenvalue weighted by Gasteiger charge is 2.17. The van der Waals surface area contributed by atoms with Crippen molar-refractivity contribution in [2.24, 2.45) is 5.92 Å². The molecule has 1 N–H and O–H groups in total. The van der Waals surface area contributed by atoms with Crippen LogP contribution in [0.15, 0.2) is 91.0 Å². The summed E-state index contributed by atoms with van der Waals surface area (Å²) in [6, 6.07) is 31.6. The Hall–Kier alpha value is -4.32. The Morgan fingerprint density at radius 1 is 0.952 bits per heavy atom. The molecule has 1 heterocycles. The van der Waals surface area contributed by atoms with Gasteiger partial charge in [-0.3, -0.25) is 0 Å². The van der Waals surface area contributed by atoms with Gasteiger partial charge in [-0.1, -0.05) is 36.4 Å². The van der Waals surface area contributed by atoms with E-state index in [0.717, 1.165) is 64.9 Å². The van der Waals surface area contributed by atoms with E-state index in [2.05, 4.69) is 33.9 Å². The number of ether oxygens (including phenoxy) is 3. The molecular weight excluding hydrogens is 546 g/mol. The van der Waals surface area contributed by atoms with Crippen molar-refractivity contribution in [1.29, 1.82) is 5.26 Å². The van der Waals surface area contributed by atoms with Crippen LogP contribution in [0, 0.1) is 24.2 Å². The van der Waals surface area contributed by atoms with Crippen molar-refractivity contribution in [3.8, 4) is 23.3 Å². The van der Waals surface area contributed by atoms with Crippen LogP contribution in [0.1, 0.15) is 28.7 Å². The third-order valence-corrected chi connectivity index (χ3v) is 7.68. The Morgan fingerprint density at radius 2 is 1.71 bits per heavy atom. The Labute approximate surface area is 250 Å². The van der Waals surface area contributed by atoms with E-state index in [-0.39, 0.29) is 0 Å². The van der Waals surface area contributed by atoms with E-state index >= 15 is 0 Å². The lowest BCUT2D eigenvalue weighted by molar-refractivity contribution is 0.167. The highest BCUT2D eigenvalue weighted by molar-refractivity contribution is 7.85. The third-order valence-electron chi connectivity index (χ3n) is 7.18. The van der Waals surface area contributed by atoms with E-state index in [1.54, 1.807) is 6.26 Å². The van der Waals surface area contributed by atoms with Crippen LogP contribution in [0.2, 0.25) is 0 Å². The zero-order chi connectivity index (χ0) is 29.3. The highest BCUT2D eigenvalue weighted by atomic mass is 32.2. The van der Waals surface area contributed by atoms with E-state index in [0.29, 0.717) is 31.2 Å². The molecular formula is C34H35N3O4S. The number of hydrogen-bond donors (Lipinski definition) is 1. The van der Waals surface area contributed by atoms with Gasteiger partial charge in [-0.2, -0.15) is 5.26 Å². The van der Waals surface area contributed by atoms with Gasteiger partial charge in [-0.05, 0) is 78.6 Å². The van der Waals surface area contributed by atoms with Gasteiger partial charge < -0.3 is 23.8 Å². The van der Waals surface area contributed by atoms with Crippen molar-refractivity contribution in [2.45, 2.75) is 26.4 Å². The monoisotopic (exact) mass is 581 g/mol. The summed E-state index contributed by atoms with van der Waals surface area (Å²) in [5, 5.41) is 9.41. The Morgan fingerprint density at radius 3 is 2.48 bits per heavy atom. The van der Waals surface area contributed by atoms with E-state index < -0.39 is 11.0 Å². The van der Waals surface area contributed by atoms with Crippen molar-refractivity contribution in [3.05, 3.63) is 113 Å². The summed E-state index contributed by atoms with van der Waals surface area (Å²) in [7, 11) is -1.18. The smallest absolute Gasteiger partial charge is 0.131 e. The van der Waals surface area contributed by atoms with Crippen LogP contribution < -0.4 is 19.1 Å². The number of nitriles is 1. The molecule has 8 heteroatoms. The second-order valence-electron chi connectivity index (χ2n) is 10.4. The molecule has 4 aromatic rings. The molecule has 7 nitrogen and oxygen atoms in total. The number of nitrogens with zero attached hydrogens (tertiary/aromatic N) is 2. The van der Waals surface area contributed by atoms with Crippen molar-refractivity contribution in [3.63, 3.8) is 0 Å². The molecule has 1 aliphatic rings. The highest BCUT2D eigenvalue weighted by Crippen LogP contribution is 2.31. The summed E-state index contributed by atoms with van der Waals surface area (Å²) in [4.78, 5) is 2.27. The largest absolute Gasteiger partial charge is 0.493 e. The van der Waals surface area contributed by atoms with Gasteiger partial charge in [-0.25, -0.2) is 4.21 Å². The summed E-state index contributed by atoms with van der Waals surface area (Å²) in [5.41, 5.74) is 5.63. The lowest BCUT2D eigenvalue weighted by Crippen LogP contribution is -2.23. The second-order valence-corrected chi connectivity index (χ2v) is 11.5. The lowest BCUT2D eigenvalue weighted by atomic mass is 10.1. The minimum Gasteiger partial charge on any atom is -0.493 e. The molecule has 0 aliphatic carbocycles. The molecule has 2 unspecified atom stereocenters. The van der Waals surface area contributed by atoms with Gasteiger partial charge in [0.15, 0.2) is 0 Å². The molecule has 0 aromatic heterocycles. The standard InChI is InChI=1S/C34H35N3O4S/c1-25-33(36-42(2)38)10-5-11-34(25)37(22-28-7-3-6-27(18-28)20-35)21-26-12-14-30(15-13-26)41-32-9-4-8-31(19-32)40-24-29-16-17-39-23-29/h3-15,18-19,29,36H,16-17,21-24H2,1-2H3. The SMILES string of the molecule is Cc1c(NS(C)=O)cccc1N(Cc1ccc(Oc2cccc(OCC3CCOC3)c2)cc1)Cc1cccc(C#N)c1. The minimum absolute atomic E-state index is 0.440. The maximum atomic E-state index is 11.9. The van der Waals surface area contributed by atoms with Gasteiger partial charge >= 0.3 is 0 Å². The molecule has 216 valence electrons. The molecule has 1 aliphatic heterocycles. The van der Waals surface area contributed by atoms with E-state index in [1.165, 1.54) is 0 Å². The fourth-order valence-corrected chi connectivity index (χ4v) is 5.52. The molecule has 0 spiro atoms. The van der Waals surface area contributed by atoms with Crippen molar-refractivity contribution >= 4 is 22.4 Å². The molecule has 1 fully saturated rings. The van der Waals surface area contributed by atoms with Gasteiger partial charge in [0.25, 0.3) is 0 Å². The zero-order valence-electron chi connectivity index (χ0n) is 23.9. The number of benzene rings is 4. The van der Waals surface area contributed by atoms with Crippen LogP contribution in [0.5, 0.6) is 17.2 Å². The maximum Gasteiger partial charge on any atom is 0.131 e. The Balaban J connectivity index is 1.31.